The van der Waals surface area contributed by atoms with Crippen molar-refractivity contribution in [1.82, 2.24) is 4.72 Å². The van der Waals surface area contributed by atoms with Gasteiger partial charge in [-0.3, -0.25) is 4.79 Å². The zero-order valence-corrected chi connectivity index (χ0v) is 22.2. The topological polar surface area (TPSA) is 93.7 Å². The highest BCUT2D eigenvalue weighted by molar-refractivity contribution is 7.89. The lowest BCUT2D eigenvalue weighted by Gasteiger charge is -2.20. The summed E-state index contributed by atoms with van der Waals surface area (Å²) in [5.41, 5.74) is 2.33. The zero-order chi connectivity index (χ0) is 27.0. The van der Waals surface area contributed by atoms with Crippen molar-refractivity contribution >= 4 is 33.2 Å². The third-order valence-electron chi connectivity index (χ3n) is 5.68. The third-order valence-corrected chi connectivity index (χ3v) is 7.41. The molecule has 0 fully saturated rings. The lowest BCUT2D eigenvalue weighted by Crippen LogP contribution is -2.45. The highest BCUT2D eigenvalue weighted by Crippen LogP contribution is 2.27. The zero-order valence-electron chi connectivity index (χ0n) is 20.6. The Labute approximate surface area is 227 Å². The number of rotatable bonds is 11. The highest BCUT2D eigenvalue weighted by Gasteiger charge is 2.28. The molecule has 1 amide bonds. The number of amides is 1. The van der Waals surface area contributed by atoms with Crippen LogP contribution in [0, 0.1) is 0 Å². The first-order valence-corrected chi connectivity index (χ1v) is 13.7. The molecule has 0 bridgehead atoms. The normalized spacial score (nSPS) is 11.9. The van der Waals surface area contributed by atoms with Crippen LogP contribution in [0.4, 0.5) is 5.69 Å². The Morgan fingerprint density at radius 2 is 1.50 bits per heavy atom. The molecule has 4 aromatic rings. The van der Waals surface area contributed by atoms with Gasteiger partial charge in [-0.2, -0.15) is 4.72 Å². The van der Waals surface area contributed by atoms with E-state index in [1.807, 2.05) is 60.7 Å². The standard InChI is InChI=1S/C29H27ClN2O5S/c1-36-27-17-12-23(30)19-28(27)38(34,35)32-26(18-21-8-4-2-5-9-21)29(33)31-24-13-15-25(16-14-24)37-20-22-10-6-3-7-11-22/h2-17,19,26,32H,18,20H2,1H3,(H,31,33). The van der Waals surface area contributed by atoms with Crippen LogP contribution < -0.4 is 19.5 Å². The SMILES string of the molecule is COc1ccc(Cl)cc1S(=O)(=O)NC(Cc1ccccc1)C(=O)Nc1ccc(OCc2ccccc2)cc1. The molecule has 2 N–H and O–H groups in total. The van der Waals surface area contributed by atoms with Gasteiger partial charge in [0.15, 0.2) is 0 Å². The number of benzene rings is 4. The number of hydrogen-bond acceptors (Lipinski definition) is 5. The Bertz CT molecular complexity index is 1460. The first-order valence-electron chi connectivity index (χ1n) is 11.8. The van der Waals surface area contributed by atoms with Gasteiger partial charge in [-0.15, -0.1) is 0 Å². The number of anilines is 1. The van der Waals surface area contributed by atoms with Crippen molar-refractivity contribution in [3.8, 4) is 11.5 Å². The molecule has 0 spiro atoms. The molecular formula is C29H27ClN2O5S. The van der Waals surface area contributed by atoms with Gasteiger partial charge in [0.05, 0.1) is 7.11 Å². The van der Waals surface area contributed by atoms with Gasteiger partial charge < -0.3 is 14.8 Å². The van der Waals surface area contributed by atoms with Crippen molar-refractivity contribution in [3.63, 3.8) is 0 Å². The number of ether oxygens (including phenoxy) is 2. The Balaban J connectivity index is 1.50. The lowest BCUT2D eigenvalue weighted by molar-refractivity contribution is -0.117. The third kappa shape index (κ3) is 7.35. The van der Waals surface area contributed by atoms with Crippen LogP contribution in [0.3, 0.4) is 0 Å². The maximum absolute atomic E-state index is 13.3. The molecule has 1 unspecified atom stereocenters. The van der Waals surface area contributed by atoms with Crippen molar-refractivity contribution in [1.29, 1.82) is 0 Å². The first-order chi connectivity index (χ1) is 18.3. The Morgan fingerprint density at radius 3 is 2.13 bits per heavy atom. The first kappa shape index (κ1) is 27.2. The van der Waals surface area contributed by atoms with E-state index in [2.05, 4.69) is 10.0 Å². The predicted octanol–water partition coefficient (Wildman–Crippen LogP) is 5.46. The number of sulfonamides is 1. The van der Waals surface area contributed by atoms with E-state index in [0.29, 0.717) is 18.0 Å². The molecule has 38 heavy (non-hydrogen) atoms. The highest BCUT2D eigenvalue weighted by atomic mass is 35.5. The van der Waals surface area contributed by atoms with Crippen molar-refractivity contribution in [2.45, 2.75) is 24.0 Å². The van der Waals surface area contributed by atoms with E-state index in [9.17, 15) is 13.2 Å². The van der Waals surface area contributed by atoms with E-state index in [0.717, 1.165) is 11.1 Å². The second-order valence-corrected chi connectivity index (χ2v) is 10.6. The summed E-state index contributed by atoms with van der Waals surface area (Å²) >= 11 is 6.05. The second kappa shape index (κ2) is 12.6. The van der Waals surface area contributed by atoms with E-state index in [4.69, 9.17) is 21.1 Å². The molecule has 0 heterocycles. The predicted molar refractivity (Wildman–Crippen MR) is 148 cm³/mol. The minimum Gasteiger partial charge on any atom is -0.495 e. The van der Waals surface area contributed by atoms with Crippen molar-refractivity contribution < 1.29 is 22.7 Å². The molecule has 7 nitrogen and oxygen atoms in total. The second-order valence-electron chi connectivity index (χ2n) is 8.45. The molecule has 0 aliphatic heterocycles. The Kier molecular flexibility index (Phi) is 9.02. The van der Waals surface area contributed by atoms with Gasteiger partial charge in [0.25, 0.3) is 0 Å². The van der Waals surface area contributed by atoms with Crippen LogP contribution in [-0.4, -0.2) is 27.5 Å². The van der Waals surface area contributed by atoms with Gasteiger partial charge in [0.1, 0.15) is 29.0 Å². The fraction of sp³-hybridized carbons (Fsp3) is 0.138. The van der Waals surface area contributed by atoms with E-state index >= 15 is 0 Å². The van der Waals surface area contributed by atoms with Crippen LogP contribution in [0.15, 0.2) is 108 Å². The number of carbonyl (C=O) groups is 1. The van der Waals surface area contributed by atoms with Crippen molar-refractivity contribution in [2.75, 3.05) is 12.4 Å². The van der Waals surface area contributed by atoms with Crippen LogP contribution in [0.1, 0.15) is 11.1 Å². The number of hydrogen-bond donors (Lipinski definition) is 2. The van der Waals surface area contributed by atoms with Crippen molar-refractivity contribution in [2.24, 2.45) is 0 Å². The van der Waals surface area contributed by atoms with E-state index in [1.165, 1.54) is 25.3 Å². The van der Waals surface area contributed by atoms with Gasteiger partial charge >= 0.3 is 0 Å². The van der Waals surface area contributed by atoms with Gasteiger partial charge in [-0.05, 0) is 60.0 Å². The molecule has 0 aromatic heterocycles. The van der Waals surface area contributed by atoms with Crippen LogP contribution >= 0.6 is 11.6 Å². The molecule has 0 aliphatic carbocycles. The minimum atomic E-state index is -4.16. The molecule has 0 aliphatic rings. The lowest BCUT2D eigenvalue weighted by atomic mass is 10.1. The van der Waals surface area contributed by atoms with Crippen LogP contribution in [0.5, 0.6) is 11.5 Å². The number of halogens is 1. The van der Waals surface area contributed by atoms with E-state index in [1.54, 1.807) is 24.3 Å². The van der Waals surface area contributed by atoms with Crippen LogP contribution in [0.25, 0.3) is 0 Å². The summed E-state index contributed by atoms with van der Waals surface area (Å²) in [7, 11) is -2.80. The van der Waals surface area contributed by atoms with Crippen molar-refractivity contribution in [3.05, 3.63) is 119 Å². The average Bonchev–Trinajstić information content (AvgIpc) is 2.93. The summed E-state index contributed by atoms with van der Waals surface area (Å²) in [5, 5.41) is 3.03. The monoisotopic (exact) mass is 550 g/mol. The summed E-state index contributed by atoms with van der Waals surface area (Å²) in [6.45, 7) is 0.417. The Morgan fingerprint density at radius 1 is 0.868 bits per heavy atom. The molecular weight excluding hydrogens is 524 g/mol. The summed E-state index contributed by atoms with van der Waals surface area (Å²) in [5.74, 6) is 0.240. The van der Waals surface area contributed by atoms with Crippen LogP contribution in [-0.2, 0) is 27.8 Å². The molecule has 1 atom stereocenters. The number of methoxy groups -OCH3 is 1. The van der Waals surface area contributed by atoms with E-state index < -0.39 is 22.0 Å². The summed E-state index contributed by atoms with van der Waals surface area (Å²) < 4.78 is 40.2. The fourth-order valence-corrected chi connectivity index (χ4v) is 5.38. The molecule has 196 valence electrons. The minimum absolute atomic E-state index is 0.117. The summed E-state index contributed by atoms with van der Waals surface area (Å²) in [6, 6.07) is 29.0. The molecule has 0 saturated carbocycles. The fourth-order valence-electron chi connectivity index (χ4n) is 3.75. The number of nitrogens with one attached hydrogen (secondary N) is 2. The largest absolute Gasteiger partial charge is 0.495 e. The summed E-state index contributed by atoms with van der Waals surface area (Å²) in [4.78, 5) is 13.2. The van der Waals surface area contributed by atoms with Gasteiger partial charge in [-0.1, -0.05) is 72.3 Å². The molecule has 4 rings (SSSR count). The van der Waals surface area contributed by atoms with Gasteiger partial charge in [0.2, 0.25) is 15.9 Å². The van der Waals surface area contributed by atoms with Crippen LogP contribution in [0.2, 0.25) is 5.02 Å². The maximum Gasteiger partial charge on any atom is 0.245 e. The van der Waals surface area contributed by atoms with Gasteiger partial charge in [-0.25, -0.2) is 8.42 Å². The van der Waals surface area contributed by atoms with E-state index in [-0.39, 0.29) is 22.1 Å². The average molecular weight is 551 g/mol. The smallest absolute Gasteiger partial charge is 0.245 e. The summed E-state index contributed by atoms with van der Waals surface area (Å²) in [6.07, 6.45) is 0.132. The Hall–Kier alpha value is -3.85. The van der Waals surface area contributed by atoms with Gasteiger partial charge in [0, 0.05) is 10.7 Å². The maximum atomic E-state index is 13.3. The quantitative estimate of drug-likeness (QED) is 0.259. The molecule has 0 radical (unpaired) electrons. The molecule has 4 aromatic carbocycles. The number of carbonyl (C=O) groups excluding carboxylic acids is 1. The molecule has 0 saturated heterocycles. The molecule has 9 heteroatoms.